The molecule has 4 heterocycles. The lowest BCUT2D eigenvalue weighted by Crippen LogP contribution is -2.47. The Morgan fingerprint density at radius 3 is 2.73 bits per heavy atom. The van der Waals surface area contributed by atoms with Crippen molar-refractivity contribution in [3.63, 3.8) is 0 Å². The topological polar surface area (TPSA) is 81.6 Å². The van der Waals surface area contributed by atoms with Gasteiger partial charge in [0.15, 0.2) is 5.65 Å². The maximum Gasteiger partial charge on any atom is 0.233 e. The highest BCUT2D eigenvalue weighted by Crippen LogP contribution is 2.46. The van der Waals surface area contributed by atoms with E-state index in [-0.39, 0.29) is 0 Å². The van der Waals surface area contributed by atoms with Gasteiger partial charge in [-0.1, -0.05) is 29.8 Å². The number of nitrogens with zero attached hydrogens (tertiary/aromatic N) is 5. The third-order valence-electron chi connectivity index (χ3n) is 6.63. The summed E-state index contributed by atoms with van der Waals surface area (Å²) < 4.78 is 7.30. The average Bonchev–Trinajstić information content (AvgIpc) is 3.39. The Morgan fingerprint density at radius 2 is 2.00 bits per heavy atom. The number of methoxy groups -OCH3 is 1. The van der Waals surface area contributed by atoms with Gasteiger partial charge in [0.05, 0.1) is 12.0 Å². The lowest BCUT2D eigenvalue weighted by molar-refractivity contribution is 0.197. The smallest absolute Gasteiger partial charge is 0.233 e. The van der Waals surface area contributed by atoms with Gasteiger partial charge in [-0.05, 0) is 37.2 Å². The number of anilines is 1. The number of ether oxygens (including phenoxy) is 1. The van der Waals surface area contributed by atoms with Gasteiger partial charge in [-0.2, -0.15) is 0 Å². The molecule has 2 fully saturated rings. The van der Waals surface area contributed by atoms with E-state index in [4.69, 9.17) is 27.1 Å². The van der Waals surface area contributed by atoms with Crippen molar-refractivity contribution in [1.82, 2.24) is 19.4 Å². The van der Waals surface area contributed by atoms with Crippen LogP contribution in [-0.4, -0.2) is 45.6 Å². The first-order valence-electron chi connectivity index (χ1n) is 10.3. The van der Waals surface area contributed by atoms with Crippen molar-refractivity contribution in [2.75, 3.05) is 25.1 Å². The number of piperidine rings is 1. The van der Waals surface area contributed by atoms with Crippen LogP contribution in [0.4, 0.5) is 5.95 Å². The number of hydrogen-bond acceptors (Lipinski definition) is 7. The van der Waals surface area contributed by atoms with Crippen LogP contribution in [0.5, 0.6) is 5.88 Å². The minimum Gasteiger partial charge on any atom is -0.480 e. The summed E-state index contributed by atoms with van der Waals surface area (Å²) in [6, 6.07) is 2.22. The number of rotatable bonds is 4. The van der Waals surface area contributed by atoms with Gasteiger partial charge in [0.2, 0.25) is 11.8 Å². The zero-order valence-corrected chi connectivity index (χ0v) is 18.5. The SMILES string of the molecule is COc1nccc(Sc2cnc(N3CCC4(CCC[C@H]4N)CC3)n3ccnc23)c1Cl. The van der Waals surface area contributed by atoms with E-state index in [1.54, 1.807) is 13.3 Å². The first-order chi connectivity index (χ1) is 14.6. The van der Waals surface area contributed by atoms with E-state index < -0.39 is 0 Å². The van der Waals surface area contributed by atoms with Crippen LogP contribution in [0.15, 0.2) is 40.6 Å². The molecule has 0 unspecified atom stereocenters. The van der Waals surface area contributed by atoms with Gasteiger partial charge < -0.3 is 15.4 Å². The number of nitrogens with two attached hydrogens (primary N) is 1. The van der Waals surface area contributed by atoms with Crippen molar-refractivity contribution in [3.8, 4) is 5.88 Å². The van der Waals surface area contributed by atoms with Gasteiger partial charge in [-0.15, -0.1) is 0 Å². The van der Waals surface area contributed by atoms with Gasteiger partial charge in [0.1, 0.15) is 5.02 Å². The van der Waals surface area contributed by atoms with Crippen LogP contribution in [0.2, 0.25) is 5.02 Å². The Labute approximate surface area is 185 Å². The molecular weight excluding hydrogens is 420 g/mol. The van der Waals surface area contributed by atoms with Crippen LogP contribution < -0.4 is 15.4 Å². The minimum absolute atomic E-state index is 0.331. The first-order valence-corrected chi connectivity index (χ1v) is 11.5. The Bertz CT molecular complexity index is 1060. The molecule has 1 aliphatic heterocycles. The van der Waals surface area contributed by atoms with Gasteiger partial charge in [0.25, 0.3) is 0 Å². The molecule has 1 aliphatic carbocycles. The summed E-state index contributed by atoms with van der Waals surface area (Å²) in [6.45, 7) is 1.96. The van der Waals surface area contributed by atoms with Crippen molar-refractivity contribution in [2.24, 2.45) is 11.1 Å². The lowest BCUT2D eigenvalue weighted by atomic mass is 9.74. The maximum absolute atomic E-state index is 6.45. The van der Waals surface area contributed by atoms with Crippen molar-refractivity contribution in [2.45, 2.75) is 47.9 Å². The number of aromatic nitrogens is 4. The van der Waals surface area contributed by atoms with E-state index in [0.29, 0.717) is 22.4 Å². The Balaban J connectivity index is 1.41. The number of hydrogen-bond donors (Lipinski definition) is 1. The first kappa shape index (κ1) is 19.9. The summed E-state index contributed by atoms with van der Waals surface area (Å²) in [7, 11) is 1.56. The summed E-state index contributed by atoms with van der Waals surface area (Å²) in [6.07, 6.45) is 13.3. The van der Waals surface area contributed by atoms with Crippen LogP contribution in [0, 0.1) is 5.41 Å². The second-order valence-electron chi connectivity index (χ2n) is 8.13. The van der Waals surface area contributed by atoms with Crippen molar-refractivity contribution in [1.29, 1.82) is 0 Å². The van der Waals surface area contributed by atoms with E-state index >= 15 is 0 Å². The van der Waals surface area contributed by atoms with Crippen molar-refractivity contribution >= 4 is 35.0 Å². The zero-order valence-electron chi connectivity index (χ0n) is 16.9. The normalized spacial score (nSPS) is 20.9. The minimum atomic E-state index is 0.331. The largest absolute Gasteiger partial charge is 0.480 e. The summed E-state index contributed by atoms with van der Waals surface area (Å²) in [4.78, 5) is 17.7. The Hall–Kier alpha value is -2.03. The van der Waals surface area contributed by atoms with Crippen LogP contribution in [0.1, 0.15) is 32.1 Å². The van der Waals surface area contributed by atoms with E-state index in [2.05, 4.69) is 19.3 Å². The van der Waals surface area contributed by atoms with Crippen LogP contribution in [0.3, 0.4) is 0 Å². The maximum atomic E-state index is 6.45. The Morgan fingerprint density at radius 1 is 1.17 bits per heavy atom. The predicted octanol–water partition coefficient (Wildman–Crippen LogP) is 4.04. The Kier molecular flexibility index (Phi) is 5.24. The molecule has 9 heteroatoms. The zero-order chi connectivity index (χ0) is 20.7. The summed E-state index contributed by atoms with van der Waals surface area (Å²) >= 11 is 7.95. The quantitative estimate of drug-likeness (QED) is 0.650. The molecule has 3 aromatic heterocycles. The van der Waals surface area contributed by atoms with Crippen LogP contribution in [-0.2, 0) is 0 Å². The molecule has 0 amide bonds. The molecule has 2 N–H and O–H groups in total. The van der Waals surface area contributed by atoms with Crippen molar-refractivity contribution in [3.05, 3.63) is 35.9 Å². The molecule has 0 bridgehead atoms. The predicted molar refractivity (Wildman–Crippen MR) is 119 cm³/mol. The highest BCUT2D eigenvalue weighted by Gasteiger charge is 2.43. The monoisotopic (exact) mass is 444 g/mol. The molecule has 1 atom stereocenters. The number of imidazole rings is 1. The van der Waals surface area contributed by atoms with E-state index in [0.717, 1.165) is 53.7 Å². The third-order valence-corrected chi connectivity index (χ3v) is 8.17. The molecule has 0 aromatic carbocycles. The van der Waals surface area contributed by atoms with Crippen molar-refractivity contribution < 1.29 is 4.74 Å². The number of halogens is 1. The molecule has 1 saturated heterocycles. The standard InChI is InChI=1S/C21H25ClN6OS/c1-29-19-17(22)14(4-8-25-19)30-15-13-26-20(28-12-9-24-18(15)28)27-10-6-21(7-11-27)5-2-3-16(21)23/h4,8-9,12-13,16H,2-3,5-7,10-11,23H2,1H3/t16-/m1/s1. The summed E-state index contributed by atoms with van der Waals surface area (Å²) in [5, 5.41) is 0.494. The summed E-state index contributed by atoms with van der Waals surface area (Å²) in [5.41, 5.74) is 7.65. The highest BCUT2D eigenvalue weighted by molar-refractivity contribution is 7.99. The number of fused-ring (bicyclic) bond motifs is 1. The molecule has 7 nitrogen and oxygen atoms in total. The molecule has 3 aromatic rings. The van der Waals surface area contributed by atoms with E-state index in [1.807, 2.05) is 24.7 Å². The summed E-state index contributed by atoms with van der Waals surface area (Å²) in [5.74, 6) is 1.35. The van der Waals surface area contributed by atoms with Gasteiger partial charge >= 0.3 is 0 Å². The van der Waals surface area contributed by atoms with E-state index in [9.17, 15) is 0 Å². The van der Waals surface area contributed by atoms with Gasteiger partial charge in [-0.25, -0.2) is 15.0 Å². The second-order valence-corrected chi connectivity index (χ2v) is 9.59. The van der Waals surface area contributed by atoms with Crippen LogP contribution >= 0.6 is 23.4 Å². The molecule has 158 valence electrons. The molecule has 2 aliphatic rings. The van der Waals surface area contributed by atoms with E-state index in [1.165, 1.54) is 24.6 Å². The lowest BCUT2D eigenvalue weighted by Gasteiger charge is -2.42. The molecule has 30 heavy (non-hydrogen) atoms. The molecule has 0 radical (unpaired) electrons. The average molecular weight is 445 g/mol. The highest BCUT2D eigenvalue weighted by atomic mass is 35.5. The number of pyridine rings is 1. The van der Waals surface area contributed by atoms with Crippen LogP contribution in [0.25, 0.3) is 5.65 Å². The molecular formula is C21H25ClN6OS. The van der Waals surface area contributed by atoms with Gasteiger partial charge in [0, 0.05) is 48.8 Å². The van der Waals surface area contributed by atoms with Gasteiger partial charge in [-0.3, -0.25) is 4.40 Å². The third kappa shape index (κ3) is 3.31. The molecule has 1 spiro atoms. The second kappa shape index (κ2) is 7.90. The fraction of sp³-hybridized carbons (Fsp3) is 0.476. The fourth-order valence-electron chi connectivity index (χ4n) is 4.88. The molecule has 5 rings (SSSR count). The fourth-order valence-corrected chi connectivity index (χ4v) is 6.07. The molecule has 1 saturated carbocycles.